The zero-order valence-corrected chi connectivity index (χ0v) is 40.0. The molecule has 324 valence electrons. The van der Waals surface area contributed by atoms with Gasteiger partial charge in [0, 0.05) is 83.1 Å². The van der Waals surface area contributed by atoms with Gasteiger partial charge in [-0.25, -0.2) is 15.0 Å². The first-order valence-corrected chi connectivity index (χ1v) is 24.7. The summed E-state index contributed by atoms with van der Waals surface area (Å²) in [5.74, 6) is 0. The molecule has 6 aromatic heterocycles. The van der Waals surface area contributed by atoms with Crippen molar-refractivity contribution in [2.45, 2.75) is 97.8 Å². The lowest BCUT2D eigenvalue weighted by molar-refractivity contribution is 0.769. The van der Waals surface area contributed by atoms with Gasteiger partial charge in [-0.15, -0.1) is 0 Å². The number of halogens is 3. The minimum Gasteiger partial charge on any atom is -0.358 e. The van der Waals surface area contributed by atoms with Gasteiger partial charge in [0.2, 0.25) is 0 Å². The summed E-state index contributed by atoms with van der Waals surface area (Å²) in [4.78, 5) is 21.4. The van der Waals surface area contributed by atoms with Crippen molar-refractivity contribution in [2.24, 2.45) is 5.73 Å². The lowest BCUT2D eigenvalue weighted by Gasteiger charge is -2.44. The molecule has 0 aliphatic heterocycles. The number of aromatic amines is 1. The monoisotopic (exact) mass is 947 g/mol. The number of H-pyrrole nitrogens is 1. The molecule has 3 N–H and O–H groups in total. The van der Waals surface area contributed by atoms with Gasteiger partial charge < -0.3 is 15.0 Å². The van der Waals surface area contributed by atoms with Gasteiger partial charge >= 0.3 is 0 Å². The second-order valence-corrected chi connectivity index (χ2v) is 23.8. The van der Waals surface area contributed by atoms with Crippen LogP contribution in [0.3, 0.4) is 0 Å². The van der Waals surface area contributed by atoms with Gasteiger partial charge in [-0.2, -0.15) is 0 Å². The molecule has 0 amide bonds. The minimum atomic E-state index is -1.84. The van der Waals surface area contributed by atoms with E-state index in [9.17, 15) is 0 Å². The van der Waals surface area contributed by atoms with E-state index >= 15 is 0 Å². The summed E-state index contributed by atoms with van der Waals surface area (Å²) in [5, 5.41) is 3.98. The molecule has 0 bridgehead atoms. The highest BCUT2D eigenvalue weighted by atomic mass is 79.9. The number of nitrogens with two attached hydrogens (primary N) is 1. The Bertz CT molecular complexity index is 2600. The summed E-state index contributed by atoms with van der Waals surface area (Å²) in [6.07, 6.45) is 15.7. The Kier molecular flexibility index (Phi) is 17.7. The van der Waals surface area contributed by atoms with Crippen LogP contribution in [0.15, 0.2) is 139 Å². The lowest BCUT2D eigenvalue weighted by Crippen LogP contribution is -2.51. The maximum Gasteiger partial charge on any atom is 0.171 e. The zero-order valence-electron chi connectivity index (χ0n) is 35.9. The first-order chi connectivity index (χ1) is 29.4. The fraction of sp³-hybridized carbons (Fsp3) is 0.294. The zero-order chi connectivity index (χ0) is 43.5. The van der Waals surface area contributed by atoms with Crippen LogP contribution in [-0.4, -0.2) is 37.4 Å². The third-order valence-electron chi connectivity index (χ3n) is 11.5. The fourth-order valence-electron chi connectivity index (χ4n) is 8.84. The number of hydrogen-bond donors (Lipinski definition) is 2. The quantitative estimate of drug-likeness (QED) is 0.0939. The fourth-order valence-corrected chi connectivity index (χ4v) is 16.1. The molecule has 7 nitrogen and oxygen atoms in total. The molecule has 8 rings (SSSR count). The number of rotatable bonds is 12. The van der Waals surface area contributed by atoms with Crippen molar-refractivity contribution >= 4 is 69.4 Å². The van der Waals surface area contributed by atoms with Crippen LogP contribution < -0.4 is 5.73 Å². The molecule has 0 spiro atoms. The molecule has 8 aromatic rings. The second kappa shape index (κ2) is 22.6. The van der Waals surface area contributed by atoms with Crippen molar-refractivity contribution in [3.8, 4) is 0 Å². The van der Waals surface area contributed by atoms with E-state index in [2.05, 4.69) is 130 Å². The maximum absolute atomic E-state index is 6.03. The van der Waals surface area contributed by atoms with E-state index in [1.165, 1.54) is 38.6 Å². The minimum absolute atomic E-state index is 0. The standard InChI is InChI=1S/C22H30BrN3Si.C21H18ClN3.C7H8ClN.CH4/c1-15(2)27(16(3)4,17(5)6)26-14-19(20-8-7-11-24-22(20)26)12-18-9-10-21(23)25-13-18;22-18-4-1-3-15(12-18)6-8-19-9-7-16(13-24-19)11-17-14-25-21-20(17)5-2-10-23-21;8-7-3-1-2-6(4-7)5-9;/h7-11,13-17H,12H2,1-6H3;1-5,7,9-10,12-14H,6,8,11H2,(H,23,25);1-4H,5,9H2;1H4. The average Bonchev–Trinajstić information content (AvgIpc) is 3.83. The molecule has 0 radical (unpaired) electrons. The molecule has 0 aliphatic carbocycles. The Hall–Kier alpha value is -4.64. The van der Waals surface area contributed by atoms with Gasteiger partial charge in [-0.05, 0) is 139 Å². The predicted molar refractivity (Wildman–Crippen MR) is 269 cm³/mol. The van der Waals surface area contributed by atoms with Gasteiger partial charge in [-0.1, -0.05) is 109 Å². The van der Waals surface area contributed by atoms with Crippen molar-refractivity contribution in [3.63, 3.8) is 0 Å². The highest BCUT2D eigenvalue weighted by Gasteiger charge is 2.46. The third kappa shape index (κ3) is 11.9. The predicted octanol–water partition coefficient (Wildman–Crippen LogP) is 14.2. The second-order valence-electron chi connectivity index (χ2n) is 16.4. The molecule has 0 saturated heterocycles. The average molecular weight is 950 g/mol. The van der Waals surface area contributed by atoms with Crippen molar-refractivity contribution in [3.05, 3.63) is 188 Å². The Morgan fingerprint density at radius 2 is 1.24 bits per heavy atom. The van der Waals surface area contributed by atoms with Crippen LogP contribution in [0, 0.1) is 0 Å². The summed E-state index contributed by atoms with van der Waals surface area (Å²) in [5.41, 5.74) is 17.8. The number of fused-ring (bicyclic) bond motifs is 2. The number of aryl methyl sites for hydroxylation is 2. The van der Waals surface area contributed by atoms with Crippen molar-refractivity contribution in [1.29, 1.82) is 0 Å². The molecule has 11 heteroatoms. The van der Waals surface area contributed by atoms with Crippen LogP contribution >= 0.6 is 39.1 Å². The normalized spacial score (nSPS) is 11.4. The van der Waals surface area contributed by atoms with Crippen LogP contribution in [0.2, 0.25) is 26.7 Å². The molecule has 0 aliphatic rings. The number of pyridine rings is 4. The highest BCUT2D eigenvalue weighted by molar-refractivity contribution is 9.10. The number of nitrogens with one attached hydrogen (secondary N) is 1. The Morgan fingerprint density at radius 1 is 0.645 bits per heavy atom. The van der Waals surface area contributed by atoms with Crippen LogP contribution in [0.25, 0.3) is 22.1 Å². The summed E-state index contributed by atoms with van der Waals surface area (Å²) in [7, 11) is -1.84. The van der Waals surface area contributed by atoms with E-state index in [0.29, 0.717) is 23.2 Å². The van der Waals surface area contributed by atoms with Gasteiger partial charge in [0.1, 0.15) is 15.9 Å². The Morgan fingerprint density at radius 3 is 1.82 bits per heavy atom. The molecular weight excluding hydrogens is 890 g/mol. The van der Waals surface area contributed by atoms with Gasteiger partial charge in [0.05, 0.1) is 0 Å². The van der Waals surface area contributed by atoms with E-state index in [4.69, 9.17) is 33.9 Å². The van der Waals surface area contributed by atoms with Crippen molar-refractivity contribution in [1.82, 2.24) is 29.2 Å². The summed E-state index contributed by atoms with van der Waals surface area (Å²) >= 11 is 15.1. The van der Waals surface area contributed by atoms with Gasteiger partial charge in [0.25, 0.3) is 0 Å². The number of aromatic nitrogens is 6. The Balaban J connectivity index is 0.000000193. The number of benzene rings is 2. The summed E-state index contributed by atoms with van der Waals surface area (Å²) in [6.45, 7) is 15.0. The van der Waals surface area contributed by atoms with E-state index in [-0.39, 0.29) is 7.43 Å². The van der Waals surface area contributed by atoms with Crippen molar-refractivity contribution in [2.75, 3.05) is 0 Å². The summed E-state index contributed by atoms with van der Waals surface area (Å²) < 4.78 is 3.49. The molecule has 0 fully saturated rings. The largest absolute Gasteiger partial charge is 0.358 e. The van der Waals surface area contributed by atoms with Gasteiger partial charge in [0.15, 0.2) is 8.24 Å². The van der Waals surface area contributed by atoms with Crippen LogP contribution in [0.4, 0.5) is 0 Å². The first kappa shape index (κ1) is 48.4. The van der Waals surface area contributed by atoms with Gasteiger partial charge in [-0.3, -0.25) is 4.98 Å². The van der Waals surface area contributed by atoms with Crippen LogP contribution in [0.5, 0.6) is 0 Å². The first-order valence-electron chi connectivity index (χ1n) is 21.0. The SMILES string of the molecule is C.CC(C)[Si](C(C)C)(C(C)C)n1cc(Cc2ccc(Br)nc2)c2cccnc21.Clc1cccc(CCc2ccc(Cc3c[nH]c4ncccc34)cn2)c1.NCc1cccc(Cl)c1. The van der Waals surface area contributed by atoms with Crippen LogP contribution in [0.1, 0.15) is 88.0 Å². The molecule has 0 unspecified atom stereocenters. The molecular formula is C51H60BrCl2N7Si. The third-order valence-corrected chi connectivity index (χ3v) is 19.2. The molecule has 0 atom stereocenters. The Labute approximate surface area is 387 Å². The molecule has 62 heavy (non-hydrogen) atoms. The van der Waals surface area contributed by atoms with E-state index in [1.54, 1.807) is 6.20 Å². The molecule has 6 heterocycles. The maximum atomic E-state index is 6.03. The van der Waals surface area contributed by atoms with E-state index in [1.807, 2.05) is 79.4 Å². The van der Waals surface area contributed by atoms with E-state index < -0.39 is 8.24 Å². The van der Waals surface area contributed by atoms with Crippen molar-refractivity contribution < 1.29 is 0 Å². The lowest BCUT2D eigenvalue weighted by atomic mass is 10.0. The smallest absolute Gasteiger partial charge is 0.171 e. The van der Waals surface area contributed by atoms with E-state index in [0.717, 1.165) is 62.9 Å². The molecule has 0 saturated carbocycles. The number of nitrogens with zero attached hydrogens (tertiary/aromatic N) is 5. The number of hydrogen-bond acceptors (Lipinski definition) is 5. The topological polar surface area (TPSA) is 98.3 Å². The van der Waals surface area contributed by atoms with Crippen LogP contribution in [-0.2, 0) is 32.2 Å². The highest BCUT2D eigenvalue weighted by Crippen LogP contribution is 2.44. The molecule has 2 aromatic carbocycles. The summed E-state index contributed by atoms with van der Waals surface area (Å²) in [6, 6.07) is 32.3.